The van der Waals surface area contributed by atoms with E-state index in [4.69, 9.17) is 0 Å². The molecule has 7 heteroatoms. The van der Waals surface area contributed by atoms with Crippen molar-refractivity contribution in [2.24, 2.45) is 0 Å². The molecule has 1 N–H and O–H groups in total. The minimum Gasteiger partial charge on any atom is -0.332 e. The Kier molecular flexibility index (Phi) is 7.03. The first-order valence-electron chi connectivity index (χ1n) is 5.07. The molecule has 0 radical (unpaired) electrons. The Morgan fingerprint density at radius 2 is 2.24 bits per heavy atom. The number of halogens is 2. The molecular weight excluding hydrogens is 263 g/mol. The minimum absolute atomic E-state index is 0. The zero-order valence-electron chi connectivity index (χ0n) is 9.50. The van der Waals surface area contributed by atoms with Gasteiger partial charge in [0.25, 0.3) is 5.91 Å². The Labute approximate surface area is 113 Å². The average molecular weight is 279 g/mol. The quantitative estimate of drug-likeness (QED) is 0.824. The lowest BCUT2D eigenvalue weighted by Crippen LogP contribution is -2.52. The van der Waals surface area contributed by atoms with Crippen LogP contribution < -0.4 is 5.32 Å². The van der Waals surface area contributed by atoms with Crippen molar-refractivity contribution in [3.63, 3.8) is 0 Å². The maximum atomic E-state index is 12.0. The summed E-state index contributed by atoms with van der Waals surface area (Å²) >= 11 is 0. The molecule has 1 aromatic rings. The monoisotopic (exact) mass is 278 g/mol. The van der Waals surface area contributed by atoms with Gasteiger partial charge in [-0.2, -0.15) is 0 Å². The second-order valence-electron chi connectivity index (χ2n) is 3.64. The minimum atomic E-state index is -0.0305. The number of piperazine rings is 1. The fourth-order valence-corrected chi connectivity index (χ4v) is 1.70. The summed E-state index contributed by atoms with van der Waals surface area (Å²) in [6, 6.07) is 0.216. The van der Waals surface area contributed by atoms with Gasteiger partial charge in [-0.15, -0.1) is 24.8 Å². The SMILES string of the molecule is C[C@@H]1CNCCN1C(=O)c1cnccn1.Cl.Cl. The summed E-state index contributed by atoms with van der Waals surface area (Å²) in [6.45, 7) is 4.44. The van der Waals surface area contributed by atoms with Gasteiger partial charge in [0, 0.05) is 38.1 Å². The molecular formula is C10H16Cl2N4O. The Morgan fingerprint density at radius 1 is 1.47 bits per heavy atom. The molecule has 1 aliphatic rings. The third-order valence-electron chi connectivity index (χ3n) is 2.54. The summed E-state index contributed by atoms with van der Waals surface area (Å²) in [5.41, 5.74) is 0.422. The van der Waals surface area contributed by atoms with Gasteiger partial charge in [-0.05, 0) is 6.92 Å². The molecule has 1 fully saturated rings. The van der Waals surface area contributed by atoms with Crippen LogP contribution in [0.25, 0.3) is 0 Å². The molecule has 17 heavy (non-hydrogen) atoms. The first kappa shape index (κ1) is 16.1. The summed E-state index contributed by atoms with van der Waals surface area (Å²) in [7, 11) is 0. The molecule has 5 nitrogen and oxygen atoms in total. The standard InChI is InChI=1S/C10H14N4O.2ClH/c1-8-6-12-4-5-14(8)10(15)9-7-11-2-3-13-9;;/h2-3,7-8,12H,4-6H2,1H3;2*1H/t8-;;/m1../s1. The van der Waals surface area contributed by atoms with E-state index < -0.39 is 0 Å². The molecule has 96 valence electrons. The van der Waals surface area contributed by atoms with Crippen LogP contribution in [0.5, 0.6) is 0 Å². The molecule has 0 unspecified atom stereocenters. The summed E-state index contributed by atoms with van der Waals surface area (Å²) in [5.74, 6) is -0.0305. The highest BCUT2D eigenvalue weighted by molar-refractivity contribution is 5.92. The molecule has 1 amide bonds. The predicted octanol–water partition coefficient (Wildman–Crippen LogP) is 0.754. The number of carbonyl (C=O) groups excluding carboxylic acids is 1. The van der Waals surface area contributed by atoms with Crippen LogP contribution in [0.2, 0.25) is 0 Å². The van der Waals surface area contributed by atoms with Crippen molar-refractivity contribution in [1.29, 1.82) is 0 Å². The topological polar surface area (TPSA) is 58.1 Å². The Morgan fingerprint density at radius 3 is 2.82 bits per heavy atom. The third-order valence-corrected chi connectivity index (χ3v) is 2.54. The van der Waals surface area contributed by atoms with Crippen LogP contribution in [0.4, 0.5) is 0 Å². The molecule has 2 rings (SSSR count). The lowest BCUT2D eigenvalue weighted by molar-refractivity contribution is 0.0649. The Hall–Kier alpha value is -0.910. The molecule has 0 saturated carbocycles. The maximum absolute atomic E-state index is 12.0. The van der Waals surface area contributed by atoms with Crippen LogP contribution in [0, 0.1) is 0 Å². The fourth-order valence-electron chi connectivity index (χ4n) is 1.70. The van der Waals surface area contributed by atoms with Crippen molar-refractivity contribution in [2.45, 2.75) is 13.0 Å². The summed E-state index contributed by atoms with van der Waals surface area (Å²) in [5, 5.41) is 3.24. The zero-order chi connectivity index (χ0) is 10.7. The van der Waals surface area contributed by atoms with Crippen LogP contribution in [-0.2, 0) is 0 Å². The van der Waals surface area contributed by atoms with Crippen molar-refractivity contribution in [2.75, 3.05) is 19.6 Å². The number of carbonyl (C=O) groups is 1. The van der Waals surface area contributed by atoms with Gasteiger partial charge in [0.2, 0.25) is 0 Å². The van der Waals surface area contributed by atoms with Gasteiger partial charge < -0.3 is 10.2 Å². The first-order chi connectivity index (χ1) is 7.29. The van der Waals surface area contributed by atoms with Gasteiger partial charge in [-0.25, -0.2) is 4.98 Å². The van der Waals surface area contributed by atoms with E-state index in [0.29, 0.717) is 5.69 Å². The third kappa shape index (κ3) is 3.80. The average Bonchev–Trinajstić information content (AvgIpc) is 2.30. The zero-order valence-corrected chi connectivity index (χ0v) is 11.1. The molecule has 0 spiro atoms. The lowest BCUT2D eigenvalue weighted by Gasteiger charge is -2.33. The van der Waals surface area contributed by atoms with Crippen LogP contribution in [0.1, 0.15) is 17.4 Å². The van der Waals surface area contributed by atoms with Crippen LogP contribution in [-0.4, -0.2) is 46.5 Å². The van der Waals surface area contributed by atoms with E-state index in [1.54, 1.807) is 12.4 Å². The number of hydrogen-bond donors (Lipinski definition) is 1. The van der Waals surface area contributed by atoms with E-state index in [1.165, 1.54) is 6.20 Å². The van der Waals surface area contributed by atoms with E-state index in [9.17, 15) is 4.79 Å². The summed E-state index contributed by atoms with van der Waals surface area (Å²) in [6.07, 6.45) is 4.62. The lowest BCUT2D eigenvalue weighted by atomic mass is 10.2. The van der Waals surface area contributed by atoms with Crippen LogP contribution in [0.3, 0.4) is 0 Å². The van der Waals surface area contributed by atoms with Crippen LogP contribution >= 0.6 is 24.8 Å². The number of hydrogen-bond acceptors (Lipinski definition) is 4. The molecule has 1 atom stereocenters. The van der Waals surface area contributed by atoms with Gasteiger partial charge in [0.1, 0.15) is 5.69 Å². The second-order valence-corrected chi connectivity index (χ2v) is 3.64. The number of nitrogens with zero attached hydrogens (tertiary/aromatic N) is 3. The predicted molar refractivity (Wildman–Crippen MR) is 69.9 cm³/mol. The molecule has 1 aliphatic heterocycles. The highest BCUT2D eigenvalue weighted by atomic mass is 35.5. The van der Waals surface area contributed by atoms with Gasteiger partial charge in [-0.3, -0.25) is 9.78 Å². The van der Waals surface area contributed by atoms with Gasteiger partial charge in [0.15, 0.2) is 0 Å². The molecule has 1 aromatic heterocycles. The molecule has 2 heterocycles. The normalized spacial score (nSPS) is 18.9. The van der Waals surface area contributed by atoms with E-state index in [0.717, 1.165) is 19.6 Å². The smallest absolute Gasteiger partial charge is 0.274 e. The first-order valence-corrected chi connectivity index (χ1v) is 5.07. The van der Waals surface area contributed by atoms with E-state index >= 15 is 0 Å². The van der Waals surface area contributed by atoms with Crippen LogP contribution in [0.15, 0.2) is 18.6 Å². The fraction of sp³-hybridized carbons (Fsp3) is 0.500. The van der Waals surface area contributed by atoms with E-state index in [2.05, 4.69) is 15.3 Å². The van der Waals surface area contributed by atoms with E-state index in [1.807, 2.05) is 11.8 Å². The van der Waals surface area contributed by atoms with Crippen molar-refractivity contribution < 1.29 is 4.79 Å². The van der Waals surface area contributed by atoms with Crippen molar-refractivity contribution in [3.05, 3.63) is 24.3 Å². The highest BCUT2D eigenvalue weighted by Crippen LogP contribution is 2.07. The Bertz CT molecular complexity index is 349. The number of rotatable bonds is 1. The number of amides is 1. The molecule has 1 saturated heterocycles. The Balaban J connectivity index is 0.00000128. The number of aromatic nitrogens is 2. The largest absolute Gasteiger partial charge is 0.332 e. The van der Waals surface area contributed by atoms with Gasteiger partial charge in [0.05, 0.1) is 6.20 Å². The van der Waals surface area contributed by atoms with Gasteiger partial charge in [-0.1, -0.05) is 0 Å². The van der Waals surface area contributed by atoms with Crippen molar-refractivity contribution >= 4 is 30.7 Å². The van der Waals surface area contributed by atoms with Crippen molar-refractivity contribution in [3.8, 4) is 0 Å². The maximum Gasteiger partial charge on any atom is 0.274 e. The molecule has 0 aromatic carbocycles. The molecule has 0 bridgehead atoms. The summed E-state index contributed by atoms with van der Waals surface area (Å²) in [4.78, 5) is 21.8. The van der Waals surface area contributed by atoms with Gasteiger partial charge >= 0.3 is 0 Å². The van der Waals surface area contributed by atoms with E-state index in [-0.39, 0.29) is 36.8 Å². The van der Waals surface area contributed by atoms with Crippen molar-refractivity contribution in [1.82, 2.24) is 20.2 Å². The molecule has 0 aliphatic carbocycles. The highest BCUT2D eigenvalue weighted by Gasteiger charge is 2.24. The second kappa shape index (κ2) is 7.42. The summed E-state index contributed by atoms with van der Waals surface area (Å²) < 4.78 is 0. The number of nitrogens with one attached hydrogen (secondary N) is 1.